The number of rotatable bonds is 1. The summed E-state index contributed by atoms with van der Waals surface area (Å²) >= 11 is 0. The van der Waals surface area contributed by atoms with Crippen LogP contribution in [0.3, 0.4) is 0 Å². The molecule has 0 fully saturated rings. The lowest BCUT2D eigenvalue weighted by Gasteiger charge is -1.97. The molecule has 1 atom stereocenters. The molecule has 0 heteroatoms. The number of hydrogen-bond donors (Lipinski definition) is 0. The first-order valence-corrected chi connectivity index (χ1v) is 9.25. The number of allylic oxidation sites excluding steroid dienone is 4. The van der Waals surface area contributed by atoms with Gasteiger partial charge in [-0.25, -0.2) is 0 Å². The van der Waals surface area contributed by atoms with E-state index >= 15 is 0 Å². The Bertz CT molecular complexity index is 147. The Morgan fingerprint density at radius 3 is 1.30 bits per heavy atom. The molecule has 0 aliphatic heterocycles. The van der Waals surface area contributed by atoms with Crippen molar-refractivity contribution in [1.29, 1.82) is 0 Å². The molecule has 0 bridgehead atoms. The zero-order valence-corrected chi connectivity index (χ0v) is 16.1. The van der Waals surface area contributed by atoms with Gasteiger partial charge in [-0.3, -0.25) is 0 Å². The Kier molecular flexibility index (Phi) is 50.3. The van der Waals surface area contributed by atoms with Crippen molar-refractivity contribution in [3.63, 3.8) is 0 Å². The van der Waals surface area contributed by atoms with Crippen LogP contribution in [-0.4, -0.2) is 0 Å². The summed E-state index contributed by atoms with van der Waals surface area (Å²) < 4.78 is 0. The van der Waals surface area contributed by atoms with Crippen LogP contribution in [-0.2, 0) is 0 Å². The van der Waals surface area contributed by atoms with Gasteiger partial charge < -0.3 is 0 Å². The van der Waals surface area contributed by atoms with E-state index in [1.807, 2.05) is 55.4 Å². The van der Waals surface area contributed by atoms with Crippen LogP contribution in [0.5, 0.6) is 0 Å². The maximum absolute atomic E-state index is 2.33. The third-order valence-corrected chi connectivity index (χ3v) is 2.54. The minimum atomic E-state index is 0.917. The van der Waals surface area contributed by atoms with E-state index in [1.54, 1.807) is 0 Å². The molecule has 124 valence electrons. The van der Waals surface area contributed by atoms with Crippen LogP contribution in [0.15, 0.2) is 24.3 Å². The van der Waals surface area contributed by atoms with Gasteiger partial charge in [-0.2, -0.15) is 0 Å². The minimum absolute atomic E-state index is 0.917. The fourth-order valence-electron chi connectivity index (χ4n) is 1.62. The van der Waals surface area contributed by atoms with E-state index < -0.39 is 0 Å². The average molecular weight is 285 g/mol. The molecule has 2 aliphatic rings. The van der Waals surface area contributed by atoms with Crippen LogP contribution in [0.1, 0.15) is 101 Å². The molecule has 2 aliphatic carbocycles. The molecule has 20 heavy (non-hydrogen) atoms. The van der Waals surface area contributed by atoms with E-state index in [2.05, 4.69) is 31.2 Å². The third kappa shape index (κ3) is 26.1. The second-order valence-electron chi connectivity index (χ2n) is 3.58. The second-order valence-corrected chi connectivity index (χ2v) is 3.58. The number of hydrogen-bond acceptors (Lipinski definition) is 0. The fraction of sp³-hybridized carbons (Fsp3) is 0.800. The summed E-state index contributed by atoms with van der Waals surface area (Å²) in [6.45, 7) is 18.3. The first kappa shape index (κ1) is 27.8. The minimum Gasteiger partial charge on any atom is -0.0885 e. The Hall–Kier alpha value is -0.520. The molecule has 0 saturated heterocycles. The molecule has 0 N–H and O–H groups in total. The smallest absolute Gasteiger partial charge is 0.0233 e. The summed E-state index contributed by atoms with van der Waals surface area (Å²) in [6.07, 6.45) is 17.2. The standard InChI is InChI=1S/C7H12.C5H8.4C2H6/c1-2-7-5-3-4-6-7;1-2-4-5-3-1;4*1-2/h3,5,7H,2,4,6H2,1H3;1-2H,3-5H2;4*1-2H3. The summed E-state index contributed by atoms with van der Waals surface area (Å²) in [6, 6.07) is 0. The van der Waals surface area contributed by atoms with E-state index in [1.165, 1.54) is 38.5 Å². The van der Waals surface area contributed by atoms with Crippen molar-refractivity contribution >= 4 is 0 Å². The molecule has 0 aromatic heterocycles. The average Bonchev–Trinajstić information content (AvgIpc) is 3.31. The normalized spacial score (nSPS) is 16.6. The Morgan fingerprint density at radius 2 is 1.15 bits per heavy atom. The summed E-state index contributed by atoms with van der Waals surface area (Å²) in [5, 5.41) is 0. The van der Waals surface area contributed by atoms with Gasteiger partial charge in [0, 0.05) is 0 Å². The quantitative estimate of drug-likeness (QED) is 0.426. The highest BCUT2D eigenvalue weighted by Gasteiger charge is 2.03. The Morgan fingerprint density at radius 1 is 0.700 bits per heavy atom. The van der Waals surface area contributed by atoms with Gasteiger partial charge in [-0.15, -0.1) is 0 Å². The van der Waals surface area contributed by atoms with Crippen molar-refractivity contribution in [2.24, 2.45) is 5.92 Å². The second kappa shape index (κ2) is 36.3. The molecule has 0 spiro atoms. The largest absolute Gasteiger partial charge is 0.0885 e. The summed E-state index contributed by atoms with van der Waals surface area (Å²) in [7, 11) is 0. The van der Waals surface area contributed by atoms with Crippen molar-refractivity contribution in [1.82, 2.24) is 0 Å². The van der Waals surface area contributed by atoms with Crippen LogP contribution in [0.25, 0.3) is 0 Å². The van der Waals surface area contributed by atoms with Crippen molar-refractivity contribution in [3.8, 4) is 0 Å². The van der Waals surface area contributed by atoms with Crippen molar-refractivity contribution in [3.05, 3.63) is 24.3 Å². The van der Waals surface area contributed by atoms with Crippen LogP contribution >= 0.6 is 0 Å². The van der Waals surface area contributed by atoms with Crippen LogP contribution in [0, 0.1) is 5.92 Å². The van der Waals surface area contributed by atoms with Gasteiger partial charge in [-0.05, 0) is 44.4 Å². The SMILES string of the molecule is C1=CCCC1.CC.CC.CC.CC.CCC1C=CCC1. The molecule has 0 amide bonds. The van der Waals surface area contributed by atoms with E-state index in [9.17, 15) is 0 Å². The summed E-state index contributed by atoms with van der Waals surface area (Å²) in [4.78, 5) is 0. The van der Waals surface area contributed by atoms with Crippen molar-refractivity contribution in [2.75, 3.05) is 0 Å². The van der Waals surface area contributed by atoms with Gasteiger partial charge in [-0.1, -0.05) is 86.6 Å². The first-order valence-electron chi connectivity index (χ1n) is 9.25. The maximum atomic E-state index is 2.33. The van der Waals surface area contributed by atoms with Crippen molar-refractivity contribution in [2.45, 2.75) is 101 Å². The van der Waals surface area contributed by atoms with Crippen molar-refractivity contribution < 1.29 is 0 Å². The van der Waals surface area contributed by atoms with Crippen LogP contribution < -0.4 is 0 Å². The summed E-state index contributed by atoms with van der Waals surface area (Å²) in [5.74, 6) is 0.917. The van der Waals surface area contributed by atoms with Crippen LogP contribution in [0.2, 0.25) is 0 Å². The van der Waals surface area contributed by atoms with Gasteiger partial charge in [0.25, 0.3) is 0 Å². The summed E-state index contributed by atoms with van der Waals surface area (Å²) in [5.41, 5.74) is 0. The predicted octanol–water partition coefficient (Wildman–Crippen LogP) is 8.19. The van der Waals surface area contributed by atoms with E-state index in [0.29, 0.717) is 0 Å². The molecule has 1 unspecified atom stereocenters. The van der Waals surface area contributed by atoms with E-state index in [0.717, 1.165) is 5.92 Å². The lowest BCUT2D eigenvalue weighted by atomic mass is 10.1. The molecule has 0 heterocycles. The van der Waals surface area contributed by atoms with Gasteiger partial charge in [0.05, 0.1) is 0 Å². The highest BCUT2D eigenvalue weighted by atomic mass is 14.1. The fourth-order valence-corrected chi connectivity index (χ4v) is 1.62. The van der Waals surface area contributed by atoms with E-state index in [-0.39, 0.29) is 0 Å². The monoisotopic (exact) mass is 284 g/mol. The Balaban J connectivity index is -0.0000000875. The third-order valence-electron chi connectivity index (χ3n) is 2.54. The topological polar surface area (TPSA) is 0 Å². The van der Waals surface area contributed by atoms with Gasteiger partial charge in [0.2, 0.25) is 0 Å². The first-order chi connectivity index (χ1) is 9.93. The predicted molar refractivity (Wildman–Crippen MR) is 101 cm³/mol. The van der Waals surface area contributed by atoms with Gasteiger partial charge in [0.15, 0.2) is 0 Å². The van der Waals surface area contributed by atoms with Gasteiger partial charge in [0.1, 0.15) is 0 Å². The molecular formula is C20H44. The molecule has 0 aromatic carbocycles. The molecule has 0 nitrogen and oxygen atoms in total. The highest BCUT2D eigenvalue weighted by molar-refractivity contribution is 4.95. The lowest BCUT2D eigenvalue weighted by Crippen LogP contribution is -1.84. The molecular weight excluding hydrogens is 240 g/mol. The highest BCUT2D eigenvalue weighted by Crippen LogP contribution is 2.18. The lowest BCUT2D eigenvalue weighted by molar-refractivity contribution is 0.612. The Labute approximate surface area is 131 Å². The van der Waals surface area contributed by atoms with Gasteiger partial charge >= 0.3 is 0 Å². The maximum Gasteiger partial charge on any atom is -0.0233 e. The van der Waals surface area contributed by atoms with E-state index in [4.69, 9.17) is 0 Å². The zero-order valence-electron chi connectivity index (χ0n) is 16.1. The molecule has 0 saturated carbocycles. The zero-order chi connectivity index (χ0) is 16.6. The molecule has 2 rings (SSSR count). The molecule has 0 radical (unpaired) electrons. The van der Waals surface area contributed by atoms with Crippen LogP contribution in [0.4, 0.5) is 0 Å². The molecule has 0 aromatic rings.